The third-order valence-electron chi connectivity index (χ3n) is 2.83. The quantitative estimate of drug-likeness (QED) is 0.478. The zero-order valence-electron chi connectivity index (χ0n) is 10.5. The molecule has 1 heterocycles. The van der Waals surface area contributed by atoms with Gasteiger partial charge < -0.3 is 15.4 Å². The van der Waals surface area contributed by atoms with Crippen LogP contribution in [0.2, 0.25) is 0 Å². The summed E-state index contributed by atoms with van der Waals surface area (Å²) in [5.74, 6) is -1.32. The fraction of sp³-hybridized carbons (Fsp3) is 0.308. The van der Waals surface area contributed by atoms with E-state index in [0.717, 1.165) is 0 Å². The molecule has 7 heteroatoms. The number of rotatable bonds is 5. The molecule has 1 aliphatic heterocycles. The first-order chi connectivity index (χ1) is 9.56. The van der Waals surface area contributed by atoms with Gasteiger partial charge in [-0.1, -0.05) is 0 Å². The van der Waals surface area contributed by atoms with Crippen molar-refractivity contribution < 1.29 is 23.5 Å². The van der Waals surface area contributed by atoms with Crippen LogP contribution in [0.5, 0.6) is 0 Å². The van der Waals surface area contributed by atoms with Crippen molar-refractivity contribution in [2.75, 3.05) is 6.54 Å². The van der Waals surface area contributed by atoms with Gasteiger partial charge in [-0.3, -0.25) is 4.79 Å². The van der Waals surface area contributed by atoms with E-state index in [4.69, 9.17) is 0 Å². The van der Waals surface area contributed by atoms with Crippen LogP contribution in [0.3, 0.4) is 0 Å². The number of hydrogen-bond acceptors (Lipinski definition) is 4. The number of ether oxygens (including phenoxy) is 1. The van der Waals surface area contributed by atoms with E-state index < -0.39 is 23.9 Å². The van der Waals surface area contributed by atoms with E-state index >= 15 is 0 Å². The summed E-state index contributed by atoms with van der Waals surface area (Å²) in [6.45, 7) is 0.343. The van der Waals surface area contributed by atoms with Crippen molar-refractivity contribution in [2.45, 2.75) is 18.9 Å². The zero-order valence-corrected chi connectivity index (χ0v) is 10.5. The van der Waals surface area contributed by atoms with Crippen LogP contribution in [0.4, 0.5) is 9.18 Å². The molecule has 1 unspecified atom stereocenters. The lowest BCUT2D eigenvalue weighted by Crippen LogP contribution is -2.31. The Morgan fingerprint density at radius 1 is 1.30 bits per heavy atom. The van der Waals surface area contributed by atoms with Gasteiger partial charge in [-0.2, -0.15) is 0 Å². The average Bonchev–Trinajstić information content (AvgIpc) is 2.73. The Morgan fingerprint density at radius 2 is 2.00 bits per heavy atom. The van der Waals surface area contributed by atoms with Crippen molar-refractivity contribution in [3.05, 3.63) is 35.6 Å². The lowest BCUT2D eigenvalue weighted by atomic mass is 10.1. The van der Waals surface area contributed by atoms with Gasteiger partial charge in [0.2, 0.25) is 0 Å². The Balaban J connectivity index is 1.71. The van der Waals surface area contributed by atoms with Gasteiger partial charge >= 0.3 is 12.1 Å². The second kappa shape index (κ2) is 6.14. The number of esters is 1. The molecule has 1 saturated heterocycles. The van der Waals surface area contributed by atoms with E-state index in [-0.39, 0.29) is 5.91 Å². The third-order valence-corrected chi connectivity index (χ3v) is 2.83. The molecule has 0 spiro atoms. The van der Waals surface area contributed by atoms with Crippen LogP contribution in [-0.4, -0.2) is 30.6 Å². The maximum atomic E-state index is 12.7. The summed E-state index contributed by atoms with van der Waals surface area (Å²) in [5, 5.41) is 5.01. The van der Waals surface area contributed by atoms with E-state index in [0.29, 0.717) is 24.9 Å². The minimum absolute atomic E-state index is 0.317. The van der Waals surface area contributed by atoms with Crippen molar-refractivity contribution in [2.24, 2.45) is 0 Å². The summed E-state index contributed by atoms with van der Waals surface area (Å²) < 4.78 is 17.0. The van der Waals surface area contributed by atoms with E-state index in [2.05, 4.69) is 15.4 Å². The highest BCUT2D eigenvalue weighted by atomic mass is 19.1. The first-order valence-electron chi connectivity index (χ1n) is 6.12. The molecule has 0 radical (unpaired) electrons. The summed E-state index contributed by atoms with van der Waals surface area (Å²) in [5.41, 5.74) is 0.361. The Hall–Kier alpha value is -2.44. The maximum absolute atomic E-state index is 12.7. The number of carbonyl (C=O) groups excluding carboxylic acids is 3. The SMILES string of the molecule is O=C1NC(CCCNC(=O)c2ccc(F)cc2)C(=O)O1. The van der Waals surface area contributed by atoms with Crippen LogP contribution in [0, 0.1) is 5.82 Å². The molecule has 0 aliphatic carbocycles. The molecule has 1 aliphatic rings. The zero-order chi connectivity index (χ0) is 14.5. The van der Waals surface area contributed by atoms with Crippen molar-refractivity contribution >= 4 is 18.0 Å². The number of amides is 2. The van der Waals surface area contributed by atoms with Gasteiger partial charge in [0.25, 0.3) is 5.91 Å². The Kier molecular flexibility index (Phi) is 4.29. The summed E-state index contributed by atoms with van der Waals surface area (Å²) in [7, 11) is 0. The van der Waals surface area contributed by atoms with Crippen molar-refractivity contribution in [1.29, 1.82) is 0 Å². The Labute approximate surface area is 114 Å². The number of nitrogens with one attached hydrogen (secondary N) is 2. The summed E-state index contributed by atoms with van der Waals surface area (Å²) in [4.78, 5) is 33.6. The normalized spacial score (nSPS) is 17.6. The summed E-state index contributed by atoms with van der Waals surface area (Å²) in [6.07, 6.45) is 0.150. The molecule has 1 aromatic rings. The molecular formula is C13H13FN2O4. The van der Waals surface area contributed by atoms with E-state index in [9.17, 15) is 18.8 Å². The Bertz CT molecular complexity index is 530. The smallest absolute Gasteiger partial charge is 0.375 e. The van der Waals surface area contributed by atoms with Crippen molar-refractivity contribution in [3.63, 3.8) is 0 Å². The first-order valence-corrected chi connectivity index (χ1v) is 6.12. The maximum Gasteiger partial charge on any atom is 0.415 e. The second-order valence-electron chi connectivity index (χ2n) is 4.31. The minimum atomic E-state index is -0.740. The number of cyclic esters (lactones) is 2. The van der Waals surface area contributed by atoms with Gasteiger partial charge in [-0.25, -0.2) is 14.0 Å². The van der Waals surface area contributed by atoms with E-state index in [1.807, 2.05) is 0 Å². The third kappa shape index (κ3) is 3.53. The number of benzene rings is 1. The van der Waals surface area contributed by atoms with E-state index in [1.165, 1.54) is 24.3 Å². The molecule has 1 fully saturated rings. The molecule has 1 atom stereocenters. The summed E-state index contributed by atoms with van der Waals surface area (Å²) in [6, 6.07) is 4.54. The highest BCUT2D eigenvalue weighted by Crippen LogP contribution is 2.07. The van der Waals surface area contributed by atoms with Gasteiger partial charge in [0, 0.05) is 12.1 Å². The molecule has 6 nitrogen and oxygen atoms in total. The highest BCUT2D eigenvalue weighted by Gasteiger charge is 2.31. The van der Waals surface area contributed by atoms with E-state index in [1.54, 1.807) is 0 Å². The molecule has 20 heavy (non-hydrogen) atoms. The topological polar surface area (TPSA) is 84.5 Å². The molecule has 1 aromatic carbocycles. The fourth-order valence-corrected chi connectivity index (χ4v) is 1.79. The van der Waals surface area contributed by atoms with Crippen LogP contribution in [0.15, 0.2) is 24.3 Å². The van der Waals surface area contributed by atoms with Crippen LogP contribution in [-0.2, 0) is 9.53 Å². The fourth-order valence-electron chi connectivity index (χ4n) is 1.79. The van der Waals surface area contributed by atoms with Crippen molar-refractivity contribution in [1.82, 2.24) is 10.6 Å². The number of alkyl carbamates (subject to hydrolysis) is 1. The lowest BCUT2D eigenvalue weighted by Gasteiger charge is -2.07. The number of halogens is 1. The predicted molar refractivity (Wildman–Crippen MR) is 66.4 cm³/mol. The van der Waals surface area contributed by atoms with Crippen LogP contribution < -0.4 is 10.6 Å². The average molecular weight is 280 g/mol. The van der Waals surface area contributed by atoms with Gasteiger partial charge in [-0.05, 0) is 37.1 Å². The Morgan fingerprint density at radius 3 is 2.60 bits per heavy atom. The molecule has 2 N–H and O–H groups in total. The largest absolute Gasteiger partial charge is 0.415 e. The second-order valence-corrected chi connectivity index (χ2v) is 4.31. The molecule has 2 rings (SSSR count). The van der Waals surface area contributed by atoms with Gasteiger partial charge in [-0.15, -0.1) is 0 Å². The minimum Gasteiger partial charge on any atom is -0.375 e. The van der Waals surface area contributed by atoms with Crippen molar-refractivity contribution in [3.8, 4) is 0 Å². The number of carbonyl (C=O) groups is 3. The molecule has 0 saturated carbocycles. The monoisotopic (exact) mass is 280 g/mol. The molecule has 0 aromatic heterocycles. The van der Waals surface area contributed by atoms with Gasteiger partial charge in [0.1, 0.15) is 11.9 Å². The van der Waals surface area contributed by atoms with Gasteiger partial charge in [0.15, 0.2) is 0 Å². The lowest BCUT2D eigenvalue weighted by molar-refractivity contribution is -0.135. The molecular weight excluding hydrogens is 267 g/mol. The van der Waals surface area contributed by atoms with Crippen LogP contribution in [0.1, 0.15) is 23.2 Å². The highest BCUT2D eigenvalue weighted by molar-refractivity contribution is 5.95. The molecule has 106 valence electrons. The molecule has 2 amide bonds. The standard InChI is InChI=1S/C13H13FN2O4/c14-9-5-3-8(4-6-9)11(17)15-7-1-2-10-12(18)20-13(19)16-10/h3-6,10H,1-2,7H2,(H,15,17)(H,16,19). The van der Waals surface area contributed by atoms with Crippen LogP contribution in [0.25, 0.3) is 0 Å². The predicted octanol–water partition coefficient (Wildman–Crippen LogP) is 0.971. The van der Waals surface area contributed by atoms with Gasteiger partial charge in [0.05, 0.1) is 0 Å². The first kappa shape index (κ1) is 14.0. The van der Waals surface area contributed by atoms with Crippen LogP contribution >= 0.6 is 0 Å². The number of hydrogen-bond donors (Lipinski definition) is 2. The summed E-state index contributed by atoms with van der Waals surface area (Å²) >= 11 is 0. The molecule has 0 bridgehead atoms.